The van der Waals surface area contributed by atoms with E-state index in [4.69, 9.17) is 11.5 Å². The summed E-state index contributed by atoms with van der Waals surface area (Å²) in [7, 11) is 0. The molecular formula is C72H140CaN2O6. The van der Waals surface area contributed by atoms with Gasteiger partial charge in [-0.1, -0.05) is 335 Å². The Morgan fingerprint density at radius 3 is 0.519 bits per heavy atom. The predicted octanol–water partition coefficient (Wildman–Crippen LogP) is 20.6. The summed E-state index contributed by atoms with van der Waals surface area (Å²) in [4.78, 5) is 41.5. The van der Waals surface area contributed by atoms with E-state index in [2.05, 4.69) is 52.0 Å². The molecule has 0 aromatic carbocycles. The van der Waals surface area contributed by atoms with Crippen molar-refractivity contribution in [3.63, 3.8) is 0 Å². The molecule has 0 aromatic heterocycles. The van der Waals surface area contributed by atoms with Crippen LogP contribution in [-0.2, 0) is 19.2 Å². The molecule has 0 aliphatic heterocycles. The van der Waals surface area contributed by atoms with E-state index in [1.165, 1.54) is 308 Å². The zero-order valence-electron chi connectivity index (χ0n) is 55.0. The number of primary amides is 2. The molecule has 0 aliphatic carbocycles. The zero-order chi connectivity index (χ0) is 59.6. The topological polar surface area (TPSA) is 166 Å². The van der Waals surface area contributed by atoms with Gasteiger partial charge in [0.25, 0.3) is 0 Å². The molecule has 476 valence electrons. The van der Waals surface area contributed by atoms with Crippen LogP contribution in [0.4, 0.5) is 0 Å². The van der Waals surface area contributed by atoms with Crippen LogP contribution in [0, 0.1) is 0 Å². The average molecular weight is 1170 g/mol. The van der Waals surface area contributed by atoms with Crippen LogP contribution in [0.5, 0.6) is 0 Å². The van der Waals surface area contributed by atoms with Crippen molar-refractivity contribution in [2.75, 3.05) is 0 Å². The normalized spacial score (nSPS) is 10.9. The first-order valence-corrected chi connectivity index (χ1v) is 35.3. The summed E-state index contributed by atoms with van der Waals surface area (Å²) < 4.78 is 0. The maximum absolute atomic E-state index is 10.5. The number of carboxylic acids is 2. The second-order valence-corrected chi connectivity index (χ2v) is 23.7. The predicted molar refractivity (Wildman–Crippen MR) is 352 cm³/mol. The van der Waals surface area contributed by atoms with Crippen LogP contribution in [0.2, 0.25) is 0 Å². The van der Waals surface area contributed by atoms with E-state index in [0.717, 1.165) is 51.4 Å². The van der Waals surface area contributed by atoms with Crippen molar-refractivity contribution in [3.05, 3.63) is 24.3 Å². The summed E-state index contributed by atoms with van der Waals surface area (Å²) in [6.45, 7) is 9.06. The minimum Gasteiger partial charge on any atom is -0.550 e. The Kier molecular flexibility index (Phi) is 92.8. The molecule has 0 aromatic rings. The average Bonchev–Trinajstić information content (AvgIpc) is 3.43. The monoisotopic (exact) mass is 1170 g/mol. The minimum absolute atomic E-state index is 0. The molecule has 0 atom stereocenters. The molecule has 81 heavy (non-hydrogen) atoms. The van der Waals surface area contributed by atoms with Crippen LogP contribution < -0.4 is 21.7 Å². The van der Waals surface area contributed by atoms with E-state index in [-0.39, 0.29) is 62.4 Å². The summed E-state index contributed by atoms with van der Waals surface area (Å²) in [6.07, 6.45) is 83.6. The van der Waals surface area contributed by atoms with E-state index in [1.807, 2.05) is 0 Å². The van der Waals surface area contributed by atoms with Crippen molar-refractivity contribution < 1.29 is 29.4 Å². The summed E-state index contributed by atoms with van der Waals surface area (Å²) in [5.41, 5.74) is 10.2. The third-order valence-corrected chi connectivity index (χ3v) is 15.3. The van der Waals surface area contributed by atoms with Crippen LogP contribution in [0.1, 0.15) is 413 Å². The first-order valence-electron chi connectivity index (χ1n) is 35.3. The Balaban J connectivity index is -0.000000316. The van der Waals surface area contributed by atoms with Crippen LogP contribution >= 0.6 is 0 Å². The van der Waals surface area contributed by atoms with Gasteiger partial charge in [0.15, 0.2) is 0 Å². The van der Waals surface area contributed by atoms with E-state index in [1.54, 1.807) is 0 Å². The van der Waals surface area contributed by atoms with Gasteiger partial charge in [-0.3, -0.25) is 9.59 Å². The van der Waals surface area contributed by atoms with Crippen LogP contribution in [0.3, 0.4) is 0 Å². The number of nitrogens with two attached hydrogens (primary N) is 2. The van der Waals surface area contributed by atoms with Crippen molar-refractivity contribution in [1.29, 1.82) is 0 Å². The Morgan fingerprint density at radius 2 is 0.370 bits per heavy atom. The molecule has 4 N–H and O–H groups in total. The van der Waals surface area contributed by atoms with Gasteiger partial charge in [-0.05, 0) is 89.9 Å². The molecule has 0 saturated carbocycles. The number of amides is 2. The van der Waals surface area contributed by atoms with Gasteiger partial charge < -0.3 is 31.3 Å². The molecule has 0 saturated heterocycles. The maximum atomic E-state index is 10.5. The number of carbonyl (C=O) groups is 4. The van der Waals surface area contributed by atoms with Crippen molar-refractivity contribution in [2.45, 2.75) is 413 Å². The molecule has 0 spiro atoms. The molecule has 0 fully saturated rings. The fourth-order valence-electron chi connectivity index (χ4n) is 10.0. The van der Waals surface area contributed by atoms with E-state index >= 15 is 0 Å². The summed E-state index contributed by atoms with van der Waals surface area (Å²) >= 11 is 0. The Labute approximate surface area is 535 Å². The quantitative estimate of drug-likeness (QED) is 0.0349. The van der Waals surface area contributed by atoms with Crippen molar-refractivity contribution in [1.82, 2.24) is 0 Å². The third-order valence-electron chi connectivity index (χ3n) is 15.3. The molecule has 0 radical (unpaired) electrons. The van der Waals surface area contributed by atoms with Gasteiger partial charge in [-0.15, -0.1) is 0 Å². The Morgan fingerprint density at radius 1 is 0.235 bits per heavy atom. The number of allylic oxidation sites excluding steroid dienone is 4. The molecule has 9 heteroatoms. The second kappa shape index (κ2) is 85.1. The Bertz CT molecular complexity index is 1170. The number of carbonyl (C=O) groups excluding carboxylic acids is 4. The fourth-order valence-corrected chi connectivity index (χ4v) is 10.0. The SMILES string of the molecule is CCCCCCCC/C=C\CCCCCCCC(N)=O.CCCCCCCC/C=C\CCCCCCCC(N)=O.CCCCCCCCCCCCCCCCCC(=O)[O-].CCCCCCCCCCCCCCCCCC(=O)[O-].[Ca+2]. The van der Waals surface area contributed by atoms with Crippen molar-refractivity contribution in [2.24, 2.45) is 11.5 Å². The number of unbranched alkanes of at least 4 members (excludes halogenated alkanes) is 50. The molecule has 0 unspecified atom stereocenters. The second-order valence-electron chi connectivity index (χ2n) is 23.7. The van der Waals surface area contributed by atoms with E-state index < -0.39 is 11.9 Å². The molecule has 0 aliphatic rings. The van der Waals surface area contributed by atoms with Gasteiger partial charge in [0, 0.05) is 24.8 Å². The van der Waals surface area contributed by atoms with E-state index in [0.29, 0.717) is 12.8 Å². The third kappa shape index (κ3) is 104. The van der Waals surface area contributed by atoms with Crippen molar-refractivity contribution >= 4 is 61.5 Å². The summed E-state index contributed by atoms with van der Waals surface area (Å²) in [5.74, 6) is -2.13. The van der Waals surface area contributed by atoms with Crippen LogP contribution in [0.25, 0.3) is 0 Å². The van der Waals surface area contributed by atoms with Gasteiger partial charge in [0.1, 0.15) is 0 Å². The number of hydrogen-bond acceptors (Lipinski definition) is 6. The molecule has 0 bridgehead atoms. The number of aliphatic carboxylic acids is 2. The molecule has 8 nitrogen and oxygen atoms in total. The number of hydrogen-bond donors (Lipinski definition) is 2. The van der Waals surface area contributed by atoms with Crippen LogP contribution in [0.15, 0.2) is 24.3 Å². The number of carboxylic acid groups (broad SMARTS) is 2. The summed E-state index contributed by atoms with van der Waals surface area (Å²) in [6, 6.07) is 0. The first kappa shape index (κ1) is 88.4. The van der Waals surface area contributed by atoms with E-state index in [9.17, 15) is 29.4 Å². The number of rotatable bonds is 62. The molecule has 2 amide bonds. The minimum atomic E-state index is -0.903. The van der Waals surface area contributed by atoms with Gasteiger partial charge in [-0.25, -0.2) is 0 Å². The zero-order valence-corrected chi connectivity index (χ0v) is 57.3. The first-order chi connectivity index (χ1) is 39.1. The van der Waals surface area contributed by atoms with Gasteiger partial charge >= 0.3 is 37.7 Å². The standard InChI is InChI=1S/2C18H35NO.2C18H36O2.Ca/c4*1-2-3-4-5-6-7-8-9-10-11-12-13-14-15-16-17-18(19)20;/h2*9-10H,2-8,11-17H2,1H3,(H2,19,20);2*2-17H2,1H3,(H,19,20);/q;;;;+2/p-2/b2*10-9-;;;. The Hall–Kier alpha value is -1.38. The van der Waals surface area contributed by atoms with Gasteiger partial charge in [0.2, 0.25) is 11.8 Å². The molecule has 0 rings (SSSR count). The molecular weight excluding hydrogens is 1030 g/mol. The van der Waals surface area contributed by atoms with Crippen molar-refractivity contribution in [3.8, 4) is 0 Å². The molecule has 0 heterocycles. The summed E-state index contributed by atoms with van der Waals surface area (Å²) in [5, 5.41) is 20.4. The fraction of sp³-hybridized carbons (Fsp3) is 0.889. The van der Waals surface area contributed by atoms with Gasteiger partial charge in [-0.2, -0.15) is 0 Å². The smallest absolute Gasteiger partial charge is 0.550 e. The largest absolute Gasteiger partial charge is 2.00 e. The van der Waals surface area contributed by atoms with Gasteiger partial charge in [0.05, 0.1) is 0 Å². The van der Waals surface area contributed by atoms with Crippen LogP contribution in [-0.4, -0.2) is 61.5 Å². The maximum Gasteiger partial charge on any atom is 2.00 e.